The maximum absolute atomic E-state index is 12.2. The van der Waals surface area contributed by atoms with Crippen LogP contribution in [0.4, 0.5) is 5.69 Å². The molecular weight excluding hydrogens is 422 g/mol. The summed E-state index contributed by atoms with van der Waals surface area (Å²) in [4.78, 5) is 12.2. The number of aromatic nitrogens is 2. The van der Waals surface area contributed by atoms with Gasteiger partial charge in [-0.05, 0) is 61.6 Å². The Morgan fingerprint density at radius 1 is 1.13 bits per heavy atom. The molecule has 0 bridgehead atoms. The molecule has 2 aromatic carbocycles. The van der Waals surface area contributed by atoms with Crippen LogP contribution >= 0.6 is 23.4 Å². The highest BCUT2D eigenvalue weighted by atomic mass is 35.5. The fourth-order valence-corrected chi connectivity index (χ4v) is 3.73. The fraction of sp³-hybridized carbons (Fsp3) is 0.318. The molecule has 0 aliphatic carbocycles. The number of carbonyl (C=O) groups is 1. The third kappa shape index (κ3) is 6.24. The van der Waals surface area contributed by atoms with E-state index in [1.165, 1.54) is 17.3 Å². The van der Waals surface area contributed by atoms with E-state index in [4.69, 9.17) is 20.8 Å². The van der Waals surface area contributed by atoms with Crippen molar-refractivity contribution in [1.82, 2.24) is 10.2 Å². The van der Waals surface area contributed by atoms with E-state index < -0.39 is 0 Å². The Hall–Kier alpha value is -2.51. The highest BCUT2D eigenvalue weighted by Gasteiger charge is 2.11. The number of rotatable bonds is 9. The van der Waals surface area contributed by atoms with Gasteiger partial charge in [-0.3, -0.25) is 4.79 Å². The minimum absolute atomic E-state index is 0.153. The van der Waals surface area contributed by atoms with Crippen LogP contribution in [-0.4, -0.2) is 29.0 Å². The summed E-state index contributed by atoms with van der Waals surface area (Å²) < 4.78 is 10.9. The first-order chi connectivity index (χ1) is 14.4. The Morgan fingerprint density at radius 3 is 2.73 bits per heavy atom. The number of methoxy groups -OCH3 is 1. The van der Waals surface area contributed by atoms with E-state index in [9.17, 15) is 4.79 Å². The van der Waals surface area contributed by atoms with Crippen LogP contribution < -0.4 is 10.1 Å². The predicted molar refractivity (Wildman–Crippen MR) is 120 cm³/mol. The van der Waals surface area contributed by atoms with Crippen molar-refractivity contribution in [3.8, 4) is 5.75 Å². The number of aryl methyl sites for hydroxylation is 4. The number of thioether (sulfide) groups is 1. The molecule has 0 aliphatic heterocycles. The van der Waals surface area contributed by atoms with Gasteiger partial charge in [-0.2, -0.15) is 0 Å². The minimum Gasteiger partial charge on any atom is -0.496 e. The number of hydrogen-bond donors (Lipinski definition) is 1. The SMILES string of the molecule is COc1ccc(CCCc2nnc(SCC(=O)Nc3cc(Cl)ccc3C)o2)cc1C. The molecule has 0 saturated carbocycles. The molecule has 0 atom stereocenters. The summed E-state index contributed by atoms with van der Waals surface area (Å²) in [5.41, 5.74) is 4.02. The van der Waals surface area contributed by atoms with Gasteiger partial charge in [0.2, 0.25) is 11.8 Å². The molecular formula is C22H24ClN3O3S. The lowest BCUT2D eigenvalue weighted by Crippen LogP contribution is -2.14. The van der Waals surface area contributed by atoms with Gasteiger partial charge in [0.1, 0.15) is 5.75 Å². The van der Waals surface area contributed by atoms with Crippen molar-refractivity contribution in [2.75, 3.05) is 18.2 Å². The Labute approximate surface area is 185 Å². The quantitative estimate of drug-likeness (QED) is 0.453. The maximum Gasteiger partial charge on any atom is 0.277 e. The van der Waals surface area contributed by atoms with E-state index in [2.05, 4.69) is 27.6 Å². The Morgan fingerprint density at radius 2 is 1.97 bits per heavy atom. The average Bonchev–Trinajstić information content (AvgIpc) is 3.17. The van der Waals surface area contributed by atoms with Crippen LogP contribution in [0.3, 0.4) is 0 Å². The molecule has 0 radical (unpaired) electrons. The van der Waals surface area contributed by atoms with Crippen LogP contribution in [0, 0.1) is 13.8 Å². The minimum atomic E-state index is -0.153. The molecule has 1 heterocycles. The van der Waals surface area contributed by atoms with Gasteiger partial charge in [0.15, 0.2) is 0 Å². The van der Waals surface area contributed by atoms with Crippen LogP contribution in [0.2, 0.25) is 5.02 Å². The second-order valence-electron chi connectivity index (χ2n) is 6.92. The van der Waals surface area contributed by atoms with Crippen molar-refractivity contribution in [2.24, 2.45) is 0 Å². The van der Waals surface area contributed by atoms with Crippen LogP contribution in [0.15, 0.2) is 46.0 Å². The predicted octanol–water partition coefficient (Wildman–Crippen LogP) is 5.25. The van der Waals surface area contributed by atoms with Crippen LogP contribution in [0.5, 0.6) is 5.75 Å². The summed E-state index contributed by atoms with van der Waals surface area (Å²) in [6.07, 6.45) is 2.50. The number of hydrogen-bond acceptors (Lipinski definition) is 6. The molecule has 8 heteroatoms. The number of nitrogens with one attached hydrogen (secondary N) is 1. The first-order valence-electron chi connectivity index (χ1n) is 9.59. The number of amides is 1. The maximum atomic E-state index is 12.2. The molecule has 0 aliphatic rings. The molecule has 6 nitrogen and oxygen atoms in total. The number of halogens is 1. The molecule has 0 unspecified atom stereocenters. The molecule has 0 spiro atoms. The Balaban J connectivity index is 1.44. The van der Waals surface area contributed by atoms with Gasteiger partial charge >= 0.3 is 0 Å². The molecule has 0 saturated heterocycles. The normalized spacial score (nSPS) is 10.8. The molecule has 1 N–H and O–H groups in total. The summed E-state index contributed by atoms with van der Waals surface area (Å²) in [5.74, 6) is 1.50. The number of benzene rings is 2. The lowest BCUT2D eigenvalue weighted by atomic mass is 10.1. The summed E-state index contributed by atoms with van der Waals surface area (Å²) >= 11 is 7.20. The molecule has 158 valence electrons. The third-order valence-corrected chi connectivity index (χ3v) is 5.62. The number of nitrogens with zero attached hydrogens (tertiary/aromatic N) is 2. The first kappa shape index (κ1) is 22.2. The van der Waals surface area contributed by atoms with E-state index in [1.54, 1.807) is 19.2 Å². The Bertz CT molecular complexity index is 1020. The van der Waals surface area contributed by atoms with E-state index >= 15 is 0 Å². The van der Waals surface area contributed by atoms with E-state index in [0.717, 1.165) is 29.7 Å². The molecule has 30 heavy (non-hydrogen) atoms. The fourth-order valence-electron chi connectivity index (χ4n) is 2.98. The number of carbonyl (C=O) groups excluding carboxylic acids is 1. The van der Waals surface area contributed by atoms with E-state index in [-0.39, 0.29) is 11.7 Å². The second kappa shape index (κ2) is 10.5. The lowest BCUT2D eigenvalue weighted by Gasteiger charge is -2.07. The molecule has 3 rings (SSSR count). The summed E-state index contributed by atoms with van der Waals surface area (Å²) in [7, 11) is 1.68. The summed E-state index contributed by atoms with van der Waals surface area (Å²) in [5, 5.41) is 11.9. The van der Waals surface area contributed by atoms with Gasteiger partial charge in [0.25, 0.3) is 5.22 Å². The molecule has 3 aromatic rings. The van der Waals surface area contributed by atoms with Crippen LogP contribution in [0.1, 0.15) is 29.0 Å². The summed E-state index contributed by atoms with van der Waals surface area (Å²) in [6, 6.07) is 11.6. The van der Waals surface area contributed by atoms with Crippen molar-refractivity contribution in [3.05, 3.63) is 64.0 Å². The van der Waals surface area contributed by atoms with Gasteiger partial charge in [0, 0.05) is 17.1 Å². The standard InChI is InChI=1S/C22H24ClN3O3S/c1-14-7-9-17(23)12-18(14)24-20(27)13-30-22-26-25-21(29-22)6-4-5-16-8-10-19(28-3)15(2)11-16/h7-12H,4-6,13H2,1-3H3,(H,24,27). The van der Waals surface area contributed by atoms with Gasteiger partial charge in [-0.15, -0.1) is 10.2 Å². The highest BCUT2D eigenvalue weighted by molar-refractivity contribution is 7.99. The van der Waals surface area contributed by atoms with Crippen molar-refractivity contribution < 1.29 is 13.9 Å². The zero-order valence-corrected chi connectivity index (χ0v) is 18.8. The second-order valence-corrected chi connectivity index (χ2v) is 8.28. The summed E-state index contributed by atoms with van der Waals surface area (Å²) in [6.45, 7) is 3.95. The number of ether oxygens (including phenoxy) is 1. The van der Waals surface area contributed by atoms with E-state index in [1.807, 2.05) is 26.0 Å². The van der Waals surface area contributed by atoms with Gasteiger partial charge in [-0.1, -0.05) is 41.6 Å². The topological polar surface area (TPSA) is 77.2 Å². The monoisotopic (exact) mass is 445 g/mol. The van der Waals surface area contributed by atoms with Gasteiger partial charge < -0.3 is 14.5 Å². The third-order valence-electron chi connectivity index (χ3n) is 4.56. The van der Waals surface area contributed by atoms with Crippen LogP contribution in [0.25, 0.3) is 0 Å². The van der Waals surface area contributed by atoms with E-state index in [0.29, 0.717) is 28.2 Å². The first-order valence-corrected chi connectivity index (χ1v) is 11.0. The lowest BCUT2D eigenvalue weighted by molar-refractivity contribution is -0.113. The average molecular weight is 446 g/mol. The highest BCUT2D eigenvalue weighted by Crippen LogP contribution is 2.22. The zero-order valence-electron chi connectivity index (χ0n) is 17.2. The Kier molecular flexibility index (Phi) is 7.76. The largest absolute Gasteiger partial charge is 0.496 e. The van der Waals surface area contributed by atoms with Crippen molar-refractivity contribution in [1.29, 1.82) is 0 Å². The number of anilines is 1. The van der Waals surface area contributed by atoms with Gasteiger partial charge in [-0.25, -0.2) is 0 Å². The van der Waals surface area contributed by atoms with Crippen molar-refractivity contribution >= 4 is 35.0 Å². The van der Waals surface area contributed by atoms with Gasteiger partial charge in [0.05, 0.1) is 12.9 Å². The van der Waals surface area contributed by atoms with Crippen molar-refractivity contribution in [3.63, 3.8) is 0 Å². The van der Waals surface area contributed by atoms with Crippen molar-refractivity contribution in [2.45, 2.75) is 38.3 Å². The molecule has 1 aromatic heterocycles. The molecule has 0 fully saturated rings. The molecule has 1 amide bonds. The zero-order chi connectivity index (χ0) is 21.5. The van der Waals surface area contributed by atoms with Crippen LogP contribution in [-0.2, 0) is 17.6 Å². The smallest absolute Gasteiger partial charge is 0.277 e.